The lowest BCUT2D eigenvalue weighted by Crippen LogP contribution is -2.23. The van der Waals surface area contributed by atoms with Crippen molar-refractivity contribution in [2.45, 2.75) is 13.0 Å². The summed E-state index contributed by atoms with van der Waals surface area (Å²) in [6.07, 6.45) is -2.69. The first-order valence-electron chi connectivity index (χ1n) is 7.51. The number of tetrazole rings is 1. The molecule has 3 aromatic rings. The zero-order valence-corrected chi connectivity index (χ0v) is 13.6. The van der Waals surface area contributed by atoms with Gasteiger partial charge in [-0.3, -0.25) is 0 Å². The predicted molar refractivity (Wildman–Crippen MR) is 88.6 cm³/mol. The van der Waals surface area contributed by atoms with Crippen molar-refractivity contribution in [3.63, 3.8) is 0 Å². The molecule has 0 atom stereocenters. The van der Waals surface area contributed by atoms with Gasteiger partial charge in [0.15, 0.2) is 5.69 Å². The third kappa shape index (κ3) is 3.17. The molecule has 0 aliphatic heterocycles. The van der Waals surface area contributed by atoms with Crippen LogP contribution >= 0.6 is 0 Å². The Morgan fingerprint density at radius 1 is 1.19 bits per heavy atom. The number of aromatic nitrogens is 4. The van der Waals surface area contributed by atoms with Crippen molar-refractivity contribution >= 4 is 5.69 Å². The van der Waals surface area contributed by atoms with Crippen LogP contribution in [0.4, 0.5) is 14.5 Å². The molecule has 0 radical (unpaired) electrons. The molecule has 1 aromatic heterocycles. The summed E-state index contributed by atoms with van der Waals surface area (Å²) in [5.41, 5.74) is 0.155. The molecule has 9 heteroatoms. The number of hydrogen-bond acceptors (Lipinski definition) is 4. The van der Waals surface area contributed by atoms with Gasteiger partial charge in [-0.1, -0.05) is 24.3 Å². The molecule has 0 saturated carbocycles. The topological polar surface area (TPSA) is 66.3 Å². The molecule has 0 spiro atoms. The first-order valence-corrected chi connectivity index (χ1v) is 7.51. The second kappa shape index (κ2) is 7.14. The van der Waals surface area contributed by atoms with E-state index in [9.17, 15) is 13.6 Å². The number of para-hydroxylation sites is 1. The molecular weight excluding hydrogens is 344 g/mol. The molecule has 132 valence electrons. The summed E-state index contributed by atoms with van der Waals surface area (Å²) in [7, 11) is 1.44. The molecule has 0 aliphatic carbocycles. The van der Waals surface area contributed by atoms with E-state index >= 15 is 0 Å². The van der Waals surface area contributed by atoms with Crippen LogP contribution in [0.2, 0.25) is 0 Å². The Morgan fingerprint density at radius 2 is 1.96 bits per heavy atom. The molecule has 3 rings (SSSR count). The SMILES string of the molecule is [C-]#[N+]c1cccc(-n2nnn(C)c2=O)c1COc1ccccc1C(F)F. The van der Waals surface area contributed by atoms with Crippen LogP contribution in [0.25, 0.3) is 10.5 Å². The van der Waals surface area contributed by atoms with Gasteiger partial charge in [-0.15, -0.1) is 0 Å². The summed E-state index contributed by atoms with van der Waals surface area (Å²) < 4.78 is 33.8. The number of aryl methyl sites for hydroxylation is 1. The average Bonchev–Trinajstić information content (AvgIpc) is 2.98. The Bertz CT molecular complexity index is 1040. The molecule has 1 heterocycles. The Kier molecular flexibility index (Phi) is 4.75. The van der Waals surface area contributed by atoms with Crippen LogP contribution in [0.1, 0.15) is 17.6 Å². The van der Waals surface area contributed by atoms with E-state index in [0.29, 0.717) is 11.3 Å². The number of nitrogens with zero attached hydrogens (tertiary/aromatic N) is 5. The normalized spacial score (nSPS) is 10.7. The van der Waals surface area contributed by atoms with Crippen LogP contribution in [0, 0.1) is 6.57 Å². The number of benzene rings is 2. The number of rotatable bonds is 5. The molecule has 0 unspecified atom stereocenters. The second-order valence-electron chi connectivity index (χ2n) is 5.31. The van der Waals surface area contributed by atoms with E-state index in [1.54, 1.807) is 24.3 Å². The van der Waals surface area contributed by atoms with Gasteiger partial charge in [0.1, 0.15) is 12.4 Å². The average molecular weight is 357 g/mol. The van der Waals surface area contributed by atoms with Gasteiger partial charge in [0.25, 0.3) is 6.43 Å². The van der Waals surface area contributed by atoms with Crippen LogP contribution in [0.15, 0.2) is 47.3 Å². The maximum Gasteiger partial charge on any atom is 0.368 e. The Hall–Kier alpha value is -3.54. The number of hydrogen-bond donors (Lipinski definition) is 0. The third-order valence-corrected chi connectivity index (χ3v) is 3.72. The Balaban J connectivity index is 2.02. The third-order valence-electron chi connectivity index (χ3n) is 3.72. The quantitative estimate of drug-likeness (QED) is 0.659. The maximum atomic E-state index is 13.1. The summed E-state index contributed by atoms with van der Waals surface area (Å²) in [6, 6.07) is 10.5. The molecule has 0 fully saturated rings. The van der Waals surface area contributed by atoms with Crippen molar-refractivity contribution < 1.29 is 13.5 Å². The molecule has 2 aromatic carbocycles. The van der Waals surface area contributed by atoms with Crippen LogP contribution in [0.5, 0.6) is 5.75 Å². The van der Waals surface area contributed by atoms with E-state index in [0.717, 1.165) is 9.36 Å². The zero-order chi connectivity index (χ0) is 18.7. The lowest BCUT2D eigenvalue weighted by molar-refractivity contribution is 0.144. The minimum absolute atomic E-state index is 0.0136. The summed E-state index contributed by atoms with van der Waals surface area (Å²) in [4.78, 5) is 15.5. The predicted octanol–water partition coefficient (Wildman–Crippen LogP) is 3.03. The van der Waals surface area contributed by atoms with Crippen molar-refractivity contribution in [3.8, 4) is 11.4 Å². The van der Waals surface area contributed by atoms with Crippen molar-refractivity contribution in [1.29, 1.82) is 0 Å². The van der Waals surface area contributed by atoms with E-state index < -0.39 is 12.1 Å². The van der Waals surface area contributed by atoms with E-state index in [1.165, 1.54) is 25.2 Å². The van der Waals surface area contributed by atoms with Gasteiger partial charge in [0, 0.05) is 12.6 Å². The minimum Gasteiger partial charge on any atom is -0.490 e. The Labute approximate surface area is 146 Å². The molecular formula is C17H13F2N5O2. The highest BCUT2D eigenvalue weighted by Crippen LogP contribution is 2.31. The van der Waals surface area contributed by atoms with Crippen LogP contribution in [0.3, 0.4) is 0 Å². The van der Waals surface area contributed by atoms with Crippen molar-refractivity contribution in [2.75, 3.05) is 0 Å². The first kappa shape index (κ1) is 17.3. The van der Waals surface area contributed by atoms with E-state index in [4.69, 9.17) is 11.3 Å². The van der Waals surface area contributed by atoms with Crippen molar-refractivity contribution in [3.05, 3.63) is 75.5 Å². The molecule has 0 bridgehead atoms. The summed E-state index contributed by atoms with van der Waals surface area (Å²) in [5, 5.41) is 7.41. The van der Waals surface area contributed by atoms with Gasteiger partial charge >= 0.3 is 5.69 Å². The number of halogens is 2. The Morgan fingerprint density at radius 3 is 2.62 bits per heavy atom. The van der Waals surface area contributed by atoms with Gasteiger partial charge in [-0.05, 0) is 28.6 Å². The fourth-order valence-electron chi connectivity index (χ4n) is 2.42. The van der Waals surface area contributed by atoms with Gasteiger partial charge in [-0.2, -0.15) is 9.36 Å². The highest BCUT2D eigenvalue weighted by Gasteiger charge is 2.17. The first-order chi connectivity index (χ1) is 12.5. The molecule has 0 N–H and O–H groups in total. The van der Waals surface area contributed by atoms with E-state index in [2.05, 4.69) is 15.3 Å². The fraction of sp³-hybridized carbons (Fsp3) is 0.176. The minimum atomic E-state index is -2.69. The molecule has 0 amide bonds. The standard InChI is InChI=1S/C17H13F2N5O2/c1-20-13-7-5-8-14(24-17(25)23(2)21-22-24)12(13)10-26-15-9-4-3-6-11(15)16(18)19/h3-9,16H,10H2,2H3. The second-order valence-corrected chi connectivity index (χ2v) is 5.31. The highest BCUT2D eigenvalue weighted by atomic mass is 19.3. The molecule has 26 heavy (non-hydrogen) atoms. The molecule has 0 saturated heterocycles. The van der Waals surface area contributed by atoms with Crippen LogP contribution in [-0.4, -0.2) is 19.8 Å². The lowest BCUT2D eigenvalue weighted by Gasteiger charge is -2.14. The lowest BCUT2D eigenvalue weighted by atomic mass is 10.1. The van der Waals surface area contributed by atoms with Gasteiger partial charge in [0.2, 0.25) is 0 Å². The highest BCUT2D eigenvalue weighted by molar-refractivity contribution is 5.60. The van der Waals surface area contributed by atoms with Gasteiger partial charge < -0.3 is 4.74 Å². The van der Waals surface area contributed by atoms with Gasteiger partial charge in [0.05, 0.1) is 17.8 Å². The van der Waals surface area contributed by atoms with E-state index in [1.807, 2.05) is 0 Å². The largest absolute Gasteiger partial charge is 0.490 e. The van der Waals surface area contributed by atoms with Crippen molar-refractivity contribution in [1.82, 2.24) is 19.8 Å². The molecule has 7 nitrogen and oxygen atoms in total. The summed E-state index contributed by atoms with van der Waals surface area (Å²) in [6.45, 7) is 7.14. The van der Waals surface area contributed by atoms with Crippen molar-refractivity contribution in [2.24, 2.45) is 7.05 Å². The number of alkyl halides is 2. The van der Waals surface area contributed by atoms with Crippen LogP contribution < -0.4 is 10.4 Å². The molecule has 0 aliphatic rings. The zero-order valence-electron chi connectivity index (χ0n) is 13.6. The summed E-state index contributed by atoms with van der Waals surface area (Å²) >= 11 is 0. The smallest absolute Gasteiger partial charge is 0.368 e. The monoisotopic (exact) mass is 357 g/mol. The summed E-state index contributed by atoms with van der Waals surface area (Å²) in [5.74, 6) is 0.0136. The maximum absolute atomic E-state index is 13.1. The fourth-order valence-corrected chi connectivity index (χ4v) is 2.42. The number of ether oxygens (including phenoxy) is 1. The van der Waals surface area contributed by atoms with E-state index in [-0.39, 0.29) is 23.6 Å². The van der Waals surface area contributed by atoms with Gasteiger partial charge in [-0.25, -0.2) is 18.4 Å². The van der Waals surface area contributed by atoms with Crippen LogP contribution in [-0.2, 0) is 13.7 Å².